The first kappa shape index (κ1) is 10.8. The van der Waals surface area contributed by atoms with Gasteiger partial charge in [0.1, 0.15) is 3.41 Å². The molecule has 1 aliphatic heterocycles. The number of hydrogen-bond donors (Lipinski definition) is 0. The normalized spacial score (nSPS) is 23.4. The first-order valence-corrected chi connectivity index (χ1v) is 7.95. The van der Waals surface area contributed by atoms with E-state index in [4.69, 9.17) is 0 Å². The third kappa shape index (κ3) is 2.10. The fourth-order valence-corrected chi connectivity index (χ4v) is 5.69. The van der Waals surface area contributed by atoms with Crippen LogP contribution in [0.2, 0.25) is 0 Å². The maximum atomic E-state index is 2.23. The van der Waals surface area contributed by atoms with E-state index in [-0.39, 0.29) is 0 Å². The van der Waals surface area contributed by atoms with Crippen molar-refractivity contribution in [3.8, 4) is 0 Å². The van der Waals surface area contributed by atoms with Crippen molar-refractivity contribution < 1.29 is 0 Å². The van der Waals surface area contributed by atoms with E-state index in [1.165, 1.54) is 12.0 Å². The molecule has 0 aromatic heterocycles. The molecule has 1 unspecified atom stereocenters. The van der Waals surface area contributed by atoms with Gasteiger partial charge in [-0.1, -0.05) is 30.3 Å². The minimum Gasteiger partial charge on any atom is -0.136 e. The highest BCUT2D eigenvalue weighted by molar-refractivity contribution is 8.39. The third-order valence-electron chi connectivity index (χ3n) is 2.48. The molecule has 1 aromatic rings. The van der Waals surface area contributed by atoms with Gasteiger partial charge in [-0.3, -0.25) is 0 Å². The van der Waals surface area contributed by atoms with E-state index in [1.54, 1.807) is 0 Å². The maximum Gasteiger partial charge on any atom is 0.119 e. The summed E-state index contributed by atoms with van der Waals surface area (Å²) in [6.07, 6.45) is 5.65. The van der Waals surface area contributed by atoms with E-state index < -0.39 is 0 Å². The lowest BCUT2D eigenvalue weighted by Gasteiger charge is -2.07. The first-order chi connectivity index (χ1) is 6.80. The molecule has 1 heterocycles. The fourth-order valence-electron chi connectivity index (χ4n) is 1.60. The van der Waals surface area contributed by atoms with Gasteiger partial charge in [0.2, 0.25) is 0 Å². The molecule has 1 aliphatic rings. The van der Waals surface area contributed by atoms with E-state index in [2.05, 4.69) is 54.6 Å². The largest absolute Gasteiger partial charge is 0.136 e. The van der Waals surface area contributed by atoms with Crippen LogP contribution in [0.15, 0.2) is 30.3 Å². The van der Waals surface area contributed by atoms with Crippen LogP contribution < -0.4 is 0 Å². The van der Waals surface area contributed by atoms with E-state index in [0.717, 1.165) is 5.25 Å². The van der Waals surface area contributed by atoms with Gasteiger partial charge < -0.3 is 0 Å². The highest BCUT2D eigenvalue weighted by Gasteiger charge is 2.54. The van der Waals surface area contributed by atoms with Crippen LogP contribution >= 0.6 is 35.3 Å². The van der Waals surface area contributed by atoms with Crippen LogP contribution in [-0.2, 0) is 6.42 Å². The van der Waals surface area contributed by atoms with E-state index in [9.17, 15) is 0 Å². The van der Waals surface area contributed by atoms with Gasteiger partial charge in [-0.2, -0.15) is 0 Å². The van der Waals surface area contributed by atoms with Gasteiger partial charge in [-0.15, -0.1) is 35.3 Å². The number of hydrogen-bond acceptors (Lipinski definition) is 3. The van der Waals surface area contributed by atoms with Gasteiger partial charge in [0, 0.05) is 5.25 Å². The zero-order valence-corrected chi connectivity index (χ0v) is 10.8. The van der Waals surface area contributed by atoms with Crippen LogP contribution in [0.25, 0.3) is 0 Å². The van der Waals surface area contributed by atoms with Gasteiger partial charge in [0.25, 0.3) is 0 Å². The molecule has 2 rings (SSSR count). The quantitative estimate of drug-likeness (QED) is 0.583. The zero-order valence-electron chi connectivity index (χ0n) is 8.40. The third-order valence-corrected chi connectivity index (χ3v) is 8.22. The molecule has 0 saturated carbocycles. The summed E-state index contributed by atoms with van der Waals surface area (Å²) >= 11 is 6.09. The average Bonchev–Trinajstić information content (AvgIpc) is 2.94. The van der Waals surface area contributed by atoms with Crippen LogP contribution in [0, 0.1) is 0 Å². The molecular formula is C11H14S3. The summed E-state index contributed by atoms with van der Waals surface area (Å²) in [5.41, 5.74) is 1.47. The SMILES string of the molecule is CSC1(SC)SC1Cc1ccccc1. The Balaban J connectivity index is 1.96. The highest BCUT2D eigenvalue weighted by atomic mass is 32.3. The molecule has 1 fully saturated rings. The van der Waals surface area contributed by atoms with Gasteiger partial charge >= 0.3 is 0 Å². The molecule has 76 valence electrons. The molecule has 0 radical (unpaired) electrons. The summed E-state index contributed by atoms with van der Waals surface area (Å²) in [6, 6.07) is 10.8. The minimum atomic E-state index is 0.454. The molecule has 1 saturated heterocycles. The van der Waals surface area contributed by atoms with Crippen LogP contribution in [0.1, 0.15) is 5.56 Å². The van der Waals surface area contributed by atoms with E-state index in [1.807, 2.05) is 23.5 Å². The summed E-state index contributed by atoms with van der Waals surface area (Å²) in [5, 5.41) is 0.801. The molecule has 0 nitrogen and oxygen atoms in total. The topological polar surface area (TPSA) is 0 Å². The second-order valence-corrected chi connectivity index (χ2v) is 7.64. The van der Waals surface area contributed by atoms with Gasteiger partial charge in [0.15, 0.2) is 0 Å². The summed E-state index contributed by atoms with van der Waals surface area (Å²) in [6.45, 7) is 0. The molecule has 1 aromatic carbocycles. The lowest BCUT2D eigenvalue weighted by molar-refractivity contribution is 0.982. The molecule has 0 N–H and O–H groups in total. The predicted molar refractivity (Wildman–Crippen MR) is 71.3 cm³/mol. The molecule has 0 amide bonds. The Hall–Kier alpha value is 0.270. The van der Waals surface area contributed by atoms with Crippen molar-refractivity contribution in [3.63, 3.8) is 0 Å². The Morgan fingerprint density at radius 3 is 2.36 bits per heavy atom. The predicted octanol–water partition coefficient (Wildman–Crippen LogP) is 3.72. The summed E-state index contributed by atoms with van der Waals surface area (Å²) in [5.74, 6) is 0. The Morgan fingerprint density at radius 1 is 1.21 bits per heavy atom. The van der Waals surface area contributed by atoms with Crippen molar-refractivity contribution in [1.29, 1.82) is 0 Å². The Morgan fingerprint density at radius 2 is 1.86 bits per heavy atom. The second-order valence-electron chi connectivity index (χ2n) is 3.31. The van der Waals surface area contributed by atoms with Gasteiger partial charge in [-0.05, 0) is 24.5 Å². The Kier molecular flexibility index (Phi) is 3.40. The molecule has 3 heteroatoms. The average molecular weight is 242 g/mol. The van der Waals surface area contributed by atoms with Gasteiger partial charge in [-0.25, -0.2) is 0 Å². The summed E-state index contributed by atoms with van der Waals surface area (Å²) in [7, 11) is 0. The lowest BCUT2D eigenvalue weighted by atomic mass is 10.1. The zero-order chi connectivity index (χ0) is 10.0. The second kappa shape index (κ2) is 4.42. The Labute approximate surface area is 98.6 Å². The highest BCUT2D eigenvalue weighted by Crippen LogP contribution is 2.67. The molecule has 1 atom stereocenters. The molecular weight excluding hydrogens is 228 g/mol. The van der Waals surface area contributed by atoms with Crippen molar-refractivity contribution >= 4 is 35.3 Å². The molecule has 14 heavy (non-hydrogen) atoms. The van der Waals surface area contributed by atoms with Crippen LogP contribution in [0.3, 0.4) is 0 Å². The standard InChI is InChI=1S/C11H14S3/c1-12-11(13-2)10(14-11)8-9-6-4-3-5-7-9/h3-7,10H,8H2,1-2H3. The first-order valence-electron chi connectivity index (χ1n) is 4.63. The van der Waals surface area contributed by atoms with Crippen molar-refractivity contribution in [3.05, 3.63) is 35.9 Å². The Bertz CT molecular complexity index is 293. The van der Waals surface area contributed by atoms with Crippen molar-refractivity contribution in [2.45, 2.75) is 15.1 Å². The van der Waals surface area contributed by atoms with Crippen molar-refractivity contribution in [1.82, 2.24) is 0 Å². The number of thioether (sulfide) groups is 3. The van der Waals surface area contributed by atoms with Crippen LogP contribution in [0.5, 0.6) is 0 Å². The number of rotatable bonds is 4. The summed E-state index contributed by atoms with van der Waals surface area (Å²) in [4.78, 5) is 0. The van der Waals surface area contributed by atoms with E-state index in [0.29, 0.717) is 3.41 Å². The van der Waals surface area contributed by atoms with Crippen molar-refractivity contribution in [2.24, 2.45) is 0 Å². The maximum absolute atomic E-state index is 2.23. The fraction of sp³-hybridized carbons (Fsp3) is 0.455. The number of benzene rings is 1. The molecule has 0 aliphatic carbocycles. The lowest BCUT2D eigenvalue weighted by Crippen LogP contribution is -2.05. The van der Waals surface area contributed by atoms with Crippen LogP contribution in [0.4, 0.5) is 0 Å². The van der Waals surface area contributed by atoms with E-state index >= 15 is 0 Å². The monoisotopic (exact) mass is 242 g/mol. The molecule has 0 bridgehead atoms. The van der Waals surface area contributed by atoms with Crippen LogP contribution in [-0.4, -0.2) is 21.2 Å². The summed E-state index contributed by atoms with van der Waals surface area (Å²) < 4.78 is 0.454. The minimum absolute atomic E-state index is 0.454. The smallest absolute Gasteiger partial charge is 0.119 e. The van der Waals surface area contributed by atoms with Crippen molar-refractivity contribution in [2.75, 3.05) is 12.5 Å². The molecule has 0 spiro atoms. The van der Waals surface area contributed by atoms with Gasteiger partial charge in [0.05, 0.1) is 0 Å².